The molecule has 0 aliphatic rings. The lowest BCUT2D eigenvalue weighted by Crippen LogP contribution is -2.12. The van der Waals surface area contributed by atoms with Crippen molar-refractivity contribution in [3.8, 4) is 17.4 Å². The summed E-state index contributed by atoms with van der Waals surface area (Å²) in [7, 11) is 0. The Morgan fingerprint density at radius 2 is 2.00 bits per heavy atom. The molecule has 0 aliphatic heterocycles. The van der Waals surface area contributed by atoms with Crippen molar-refractivity contribution in [3.63, 3.8) is 0 Å². The minimum absolute atomic E-state index is 0. The third-order valence-corrected chi connectivity index (χ3v) is 2.92. The topological polar surface area (TPSA) is 49.0 Å². The van der Waals surface area contributed by atoms with Gasteiger partial charge in [0.25, 0.3) is 0 Å². The number of hydrogen-bond donors (Lipinski definition) is 1. The normalized spacial score (nSPS) is 9.74. The molecular weight excluding hydrogens is 307 g/mol. The van der Waals surface area contributed by atoms with Crippen molar-refractivity contribution in [2.75, 3.05) is 6.54 Å². The Hall–Kier alpha value is -1.18. The number of nitrogens with zero attached hydrogens (tertiary/aromatic N) is 1. The molecule has 0 aliphatic carbocycles. The fourth-order valence-corrected chi connectivity index (χ4v) is 1.93. The van der Waals surface area contributed by atoms with E-state index in [1.54, 1.807) is 18.2 Å². The van der Waals surface area contributed by atoms with Crippen LogP contribution in [0.1, 0.15) is 5.76 Å². The Kier molecular flexibility index (Phi) is 6.20. The molecule has 1 aromatic heterocycles. The number of rotatable bonds is 4. The SMILES string of the molecule is Cl.N#CCNCc1ccc(-c2cc(Cl)ccc2Cl)o1. The molecule has 0 saturated carbocycles. The first-order chi connectivity index (χ1) is 8.70. The van der Waals surface area contributed by atoms with Gasteiger partial charge in [0.2, 0.25) is 0 Å². The van der Waals surface area contributed by atoms with Crippen LogP contribution in [0.25, 0.3) is 11.3 Å². The van der Waals surface area contributed by atoms with Gasteiger partial charge in [-0.05, 0) is 30.3 Å². The minimum atomic E-state index is 0. The largest absolute Gasteiger partial charge is 0.460 e. The summed E-state index contributed by atoms with van der Waals surface area (Å²) < 4.78 is 5.64. The zero-order chi connectivity index (χ0) is 13.0. The van der Waals surface area contributed by atoms with Gasteiger partial charge < -0.3 is 4.42 Å². The highest BCUT2D eigenvalue weighted by Crippen LogP contribution is 2.31. The van der Waals surface area contributed by atoms with Crippen molar-refractivity contribution in [2.24, 2.45) is 0 Å². The van der Waals surface area contributed by atoms with Gasteiger partial charge in [-0.15, -0.1) is 12.4 Å². The molecule has 0 spiro atoms. The van der Waals surface area contributed by atoms with Crippen LogP contribution < -0.4 is 5.32 Å². The molecule has 0 saturated heterocycles. The molecule has 1 aromatic carbocycles. The maximum Gasteiger partial charge on any atom is 0.135 e. The van der Waals surface area contributed by atoms with E-state index >= 15 is 0 Å². The monoisotopic (exact) mass is 316 g/mol. The van der Waals surface area contributed by atoms with Crippen LogP contribution in [0.2, 0.25) is 10.0 Å². The second-order valence-electron chi connectivity index (χ2n) is 3.65. The Labute approximate surface area is 127 Å². The van der Waals surface area contributed by atoms with Gasteiger partial charge in [-0.3, -0.25) is 5.32 Å². The van der Waals surface area contributed by atoms with E-state index in [4.69, 9.17) is 32.9 Å². The van der Waals surface area contributed by atoms with Crippen LogP contribution in [0.4, 0.5) is 0 Å². The highest BCUT2D eigenvalue weighted by molar-refractivity contribution is 6.35. The molecule has 2 rings (SSSR count). The second-order valence-corrected chi connectivity index (χ2v) is 4.50. The van der Waals surface area contributed by atoms with E-state index in [1.165, 1.54) is 0 Å². The Bertz CT molecular complexity index is 590. The molecule has 0 bridgehead atoms. The van der Waals surface area contributed by atoms with Crippen molar-refractivity contribution in [3.05, 3.63) is 46.1 Å². The fraction of sp³-hybridized carbons (Fsp3) is 0.154. The first-order valence-electron chi connectivity index (χ1n) is 5.32. The average molecular weight is 318 g/mol. The molecular formula is C13H11Cl3N2O. The van der Waals surface area contributed by atoms with E-state index in [0.29, 0.717) is 22.4 Å². The molecule has 100 valence electrons. The van der Waals surface area contributed by atoms with Gasteiger partial charge >= 0.3 is 0 Å². The third kappa shape index (κ3) is 4.15. The van der Waals surface area contributed by atoms with E-state index in [-0.39, 0.29) is 19.0 Å². The Balaban J connectivity index is 0.00000180. The standard InChI is InChI=1S/C13H10Cl2N2O.ClH/c14-9-1-3-12(15)11(7-9)13-4-2-10(18-13)8-17-6-5-16;/h1-4,7,17H,6,8H2;1H. The van der Waals surface area contributed by atoms with Crippen molar-refractivity contribution in [1.29, 1.82) is 5.26 Å². The lowest BCUT2D eigenvalue weighted by Gasteiger charge is -2.01. The molecule has 6 heteroatoms. The molecule has 1 heterocycles. The van der Waals surface area contributed by atoms with E-state index in [1.807, 2.05) is 18.2 Å². The van der Waals surface area contributed by atoms with Crippen LogP contribution >= 0.6 is 35.6 Å². The van der Waals surface area contributed by atoms with Crippen LogP contribution in [0.3, 0.4) is 0 Å². The summed E-state index contributed by atoms with van der Waals surface area (Å²) in [5, 5.41) is 12.5. The van der Waals surface area contributed by atoms with Gasteiger partial charge in [0.05, 0.1) is 24.2 Å². The van der Waals surface area contributed by atoms with Crippen LogP contribution in [-0.4, -0.2) is 6.54 Å². The van der Waals surface area contributed by atoms with Gasteiger partial charge in [-0.25, -0.2) is 0 Å². The molecule has 1 N–H and O–H groups in total. The summed E-state index contributed by atoms with van der Waals surface area (Å²) in [4.78, 5) is 0. The van der Waals surface area contributed by atoms with Crippen LogP contribution in [0.15, 0.2) is 34.7 Å². The molecule has 0 unspecified atom stereocenters. The fourth-order valence-electron chi connectivity index (χ4n) is 1.55. The summed E-state index contributed by atoms with van der Waals surface area (Å²) in [6.45, 7) is 0.791. The van der Waals surface area contributed by atoms with Gasteiger partial charge in [-0.1, -0.05) is 23.2 Å². The Morgan fingerprint density at radius 3 is 2.74 bits per heavy atom. The smallest absolute Gasteiger partial charge is 0.135 e. The molecule has 0 fully saturated rings. The first-order valence-corrected chi connectivity index (χ1v) is 6.08. The number of furan rings is 1. The number of nitriles is 1. The van der Waals surface area contributed by atoms with Crippen molar-refractivity contribution in [2.45, 2.75) is 6.54 Å². The number of nitrogens with one attached hydrogen (secondary N) is 1. The number of hydrogen-bond acceptors (Lipinski definition) is 3. The summed E-state index contributed by atoms with van der Waals surface area (Å²) in [6, 6.07) is 10.9. The first kappa shape index (κ1) is 15.9. The zero-order valence-corrected chi connectivity index (χ0v) is 12.1. The van der Waals surface area contributed by atoms with E-state index in [9.17, 15) is 0 Å². The van der Waals surface area contributed by atoms with Gasteiger partial charge in [0.1, 0.15) is 11.5 Å². The van der Waals surface area contributed by atoms with Crippen molar-refractivity contribution < 1.29 is 4.42 Å². The maximum atomic E-state index is 8.42. The highest BCUT2D eigenvalue weighted by Gasteiger charge is 2.09. The van der Waals surface area contributed by atoms with Crippen LogP contribution in [0.5, 0.6) is 0 Å². The maximum absolute atomic E-state index is 8.42. The van der Waals surface area contributed by atoms with Crippen molar-refractivity contribution >= 4 is 35.6 Å². The Morgan fingerprint density at radius 1 is 1.21 bits per heavy atom. The van der Waals surface area contributed by atoms with E-state index in [0.717, 1.165) is 11.3 Å². The van der Waals surface area contributed by atoms with Gasteiger partial charge in [0, 0.05) is 10.6 Å². The van der Waals surface area contributed by atoms with Crippen LogP contribution in [-0.2, 0) is 6.54 Å². The molecule has 3 nitrogen and oxygen atoms in total. The lowest BCUT2D eigenvalue weighted by molar-refractivity contribution is 0.502. The molecule has 19 heavy (non-hydrogen) atoms. The summed E-state index contributed by atoms with van der Waals surface area (Å²) in [6.07, 6.45) is 0. The predicted octanol–water partition coefficient (Wildman–Crippen LogP) is 4.29. The average Bonchev–Trinajstić information content (AvgIpc) is 2.81. The highest BCUT2D eigenvalue weighted by atomic mass is 35.5. The van der Waals surface area contributed by atoms with Gasteiger partial charge in [0.15, 0.2) is 0 Å². The predicted molar refractivity (Wildman–Crippen MR) is 78.7 cm³/mol. The molecule has 0 amide bonds. The van der Waals surface area contributed by atoms with Crippen molar-refractivity contribution in [1.82, 2.24) is 5.32 Å². The summed E-state index contributed by atoms with van der Waals surface area (Å²) in [5.41, 5.74) is 0.760. The van der Waals surface area contributed by atoms with Gasteiger partial charge in [-0.2, -0.15) is 5.26 Å². The minimum Gasteiger partial charge on any atom is -0.460 e. The zero-order valence-electron chi connectivity index (χ0n) is 9.82. The second kappa shape index (κ2) is 7.42. The van der Waals surface area contributed by atoms with Crippen LogP contribution in [0, 0.1) is 11.3 Å². The molecule has 2 aromatic rings. The molecule has 0 atom stereocenters. The summed E-state index contributed by atoms with van der Waals surface area (Å²) in [5.74, 6) is 1.41. The number of halogens is 3. The lowest BCUT2D eigenvalue weighted by atomic mass is 10.2. The number of benzene rings is 1. The molecule has 0 radical (unpaired) electrons. The quantitative estimate of drug-likeness (QED) is 0.676. The van der Waals surface area contributed by atoms with E-state index < -0.39 is 0 Å². The third-order valence-electron chi connectivity index (χ3n) is 2.36. The summed E-state index contributed by atoms with van der Waals surface area (Å²) >= 11 is 12.0. The van der Waals surface area contributed by atoms with E-state index in [2.05, 4.69) is 5.32 Å².